The number of anilines is 2. The van der Waals surface area contributed by atoms with Crippen LogP contribution in [0.2, 0.25) is 0 Å². The summed E-state index contributed by atoms with van der Waals surface area (Å²) in [6.45, 7) is 3.47. The lowest BCUT2D eigenvalue weighted by molar-refractivity contribution is 0.313. The molecule has 0 aliphatic carbocycles. The molecule has 2 aromatic rings. The number of benzene rings is 2. The van der Waals surface area contributed by atoms with E-state index in [0.717, 1.165) is 44.0 Å². The quantitative estimate of drug-likeness (QED) is 0.665. The molecule has 0 bridgehead atoms. The van der Waals surface area contributed by atoms with Crippen LogP contribution in [0, 0.1) is 11.6 Å². The summed E-state index contributed by atoms with van der Waals surface area (Å²) in [7, 11) is -1.98. The van der Waals surface area contributed by atoms with E-state index in [1.807, 2.05) is 7.05 Å². The molecule has 0 aromatic heterocycles. The van der Waals surface area contributed by atoms with Gasteiger partial charge in [-0.1, -0.05) is 0 Å². The van der Waals surface area contributed by atoms with E-state index in [1.165, 1.54) is 6.07 Å². The third-order valence-corrected chi connectivity index (χ3v) is 6.18. The Morgan fingerprint density at radius 2 is 1.64 bits per heavy atom. The van der Waals surface area contributed by atoms with Gasteiger partial charge in [-0.05, 0) is 43.4 Å². The highest BCUT2D eigenvalue weighted by Gasteiger charge is 2.23. The molecule has 8 heteroatoms. The van der Waals surface area contributed by atoms with Crippen LogP contribution in [-0.4, -0.2) is 46.5 Å². The molecular formula is C17H19F2N3O2S. The minimum Gasteiger partial charge on any atom is -0.398 e. The Balaban J connectivity index is 1.93. The van der Waals surface area contributed by atoms with E-state index in [9.17, 15) is 17.2 Å². The average molecular weight is 367 g/mol. The average Bonchev–Trinajstić information content (AvgIpc) is 2.57. The molecule has 1 heterocycles. The predicted molar refractivity (Wildman–Crippen MR) is 92.4 cm³/mol. The van der Waals surface area contributed by atoms with E-state index in [2.05, 4.69) is 9.80 Å². The number of nitrogen functional groups attached to an aromatic ring is 1. The Hall–Kier alpha value is -2.19. The molecule has 134 valence electrons. The molecule has 0 atom stereocenters. The Bertz CT molecular complexity index is 895. The maximum atomic E-state index is 13.4. The fourth-order valence-corrected chi connectivity index (χ4v) is 4.19. The summed E-state index contributed by atoms with van der Waals surface area (Å²) in [5, 5.41) is 0. The first kappa shape index (κ1) is 17.6. The van der Waals surface area contributed by atoms with Gasteiger partial charge in [0.25, 0.3) is 0 Å². The van der Waals surface area contributed by atoms with E-state index in [0.29, 0.717) is 6.07 Å². The van der Waals surface area contributed by atoms with Gasteiger partial charge >= 0.3 is 0 Å². The second-order valence-electron chi connectivity index (χ2n) is 6.09. The van der Waals surface area contributed by atoms with Crippen molar-refractivity contribution in [1.29, 1.82) is 0 Å². The molecule has 1 saturated heterocycles. The van der Waals surface area contributed by atoms with Gasteiger partial charge in [0.05, 0.1) is 15.5 Å². The van der Waals surface area contributed by atoms with Crippen LogP contribution in [0.4, 0.5) is 20.2 Å². The van der Waals surface area contributed by atoms with Gasteiger partial charge in [0.2, 0.25) is 9.84 Å². The normalized spacial score (nSPS) is 16.2. The SMILES string of the molecule is CN1CCN(c2ccc(S(=O)(=O)c3ccc(F)c(F)c3)c(N)c2)CC1. The summed E-state index contributed by atoms with van der Waals surface area (Å²) in [6, 6.07) is 7.20. The van der Waals surface area contributed by atoms with Gasteiger partial charge in [0.1, 0.15) is 0 Å². The van der Waals surface area contributed by atoms with Crippen molar-refractivity contribution in [2.45, 2.75) is 9.79 Å². The number of halogens is 2. The van der Waals surface area contributed by atoms with E-state index < -0.39 is 21.5 Å². The lowest BCUT2D eigenvalue weighted by atomic mass is 10.2. The van der Waals surface area contributed by atoms with Crippen LogP contribution in [0.25, 0.3) is 0 Å². The molecule has 0 spiro atoms. The van der Waals surface area contributed by atoms with Crippen LogP contribution >= 0.6 is 0 Å². The van der Waals surface area contributed by atoms with Crippen LogP contribution < -0.4 is 10.6 Å². The van der Waals surface area contributed by atoms with Gasteiger partial charge < -0.3 is 15.5 Å². The topological polar surface area (TPSA) is 66.6 Å². The monoisotopic (exact) mass is 367 g/mol. The highest BCUT2D eigenvalue weighted by molar-refractivity contribution is 7.91. The number of rotatable bonds is 3. The van der Waals surface area contributed by atoms with Gasteiger partial charge in [-0.15, -0.1) is 0 Å². The smallest absolute Gasteiger partial charge is 0.208 e. The number of sulfone groups is 1. The van der Waals surface area contributed by atoms with Crippen molar-refractivity contribution in [3.63, 3.8) is 0 Å². The fourth-order valence-electron chi connectivity index (χ4n) is 2.81. The number of nitrogens with zero attached hydrogens (tertiary/aromatic N) is 2. The minimum absolute atomic E-state index is 0.0844. The summed E-state index contributed by atoms with van der Waals surface area (Å²) >= 11 is 0. The Morgan fingerprint density at radius 3 is 2.24 bits per heavy atom. The van der Waals surface area contributed by atoms with E-state index in [4.69, 9.17) is 5.73 Å². The molecular weight excluding hydrogens is 348 g/mol. The first-order valence-electron chi connectivity index (χ1n) is 7.82. The van der Waals surface area contributed by atoms with Crippen molar-refractivity contribution < 1.29 is 17.2 Å². The van der Waals surface area contributed by atoms with Crippen molar-refractivity contribution >= 4 is 21.2 Å². The second kappa shape index (κ2) is 6.61. The van der Waals surface area contributed by atoms with Gasteiger partial charge in [0.15, 0.2) is 11.6 Å². The lowest BCUT2D eigenvalue weighted by Gasteiger charge is -2.34. The molecule has 1 aliphatic rings. The molecule has 25 heavy (non-hydrogen) atoms. The largest absolute Gasteiger partial charge is 0.398 e. The Kier molecular flexibility index (Phi) is 4.66. The fraction of sp³-hybridized carbons (Fsp3) is 0.294. The van der Waals surface area contributed by atoms with E-state index in [-0.39, 0.29) is 15.5 Å². The zero-order valence-electron chi connectivity index (χ0n) is 13.7. The number of hydrogen-bond donors (Lipinski definition) is 1. The molecule has 2 N–H and O–H groups in total. The van der Waals surface area contributed by atoms with Gasteiger partial charge in [-0.3, -0.25) is 0 Å². The third-order valence-electron chi connectivity index (χ3n) is 4.35. The lowest BCUT2D eigenvalue weighted by Crippen LogP contribution is -2.44. The maximum Gasteiger partial charge on any atom is 0.208 e. The summed E-state index contributed by atoms with van der Waals surface area (Å²) in [5.41, 5.74) is 6.89. The van der Waals surface area contributed by atoms with E-state index >= 15 is 0 Å². The number of hydrogen-bond acceptors (Lipinski definition) is 5. The van der Waals surface area contributed by atoms with Crippen LogP contribution in [0.1, 0.15) is 0 Å². The van der Waals surface area contributed by atoms with Crippen molar-refractivity contribution in [1.82, 2.24) is 4.90 Å². The van der Waals surface area contributed by atoms with Gasteiger partial charge in [-0.2, -0.15) is 0 Å². The standard InChI is InChI=1S/C17H19F2N3O2S/c1-21-6-8-22(9-7-21)12-2-5-17(16(20)10-12)25(23,24)13-3-4-14(18)15(19)11-13/h2-5,10-11H,6-9,20H2,1H3. The molecule has 0 amide bonds. The molecule has 0 unspecified atom stereocenters. The van der Waals surface area contributed by atoms with Crippen LogP contribution in [0.15, 0.2) is 46.2 Å². The number of piperazine rings is 1. The zero-order chi connectivity index (χ0) is 18.2. The summed E-state index contributed by atoms with van der Waals surface area (Å²) in [5.74, 6) is -2.31. The highest BCUT2D eigenvalue weighted by atomic mass is 32.2. The first-order chi connectivity index (χ1) is 11.8. The Labute approximate surface area is 145 Å². The number of nitrogens with two attached hydrogens (primary N) is 1. The van der Waals surface area contributed by atoms with E-state index in [1.54, 1.807) is 12.1 Å². The minimum atomic E-state index is -4.02. The third kappa shape index (κ3) is 3.45. The molecule has 1 aliphatic heterocycles. The van der Waals surface area contributed by atoms with Crippen LogP contribution in [0.5, 0.6) is 0 Å². The zero-order valence-corrected chi connectivity index (χ0v) is 14.6. The van der Waals surface area contributed by atoms with Gasteiger partial charge in [-0.25, -0.2) is 17.2 Å². The van der Waals surface area contributed by atoms with Crippen molar-refractivity contribution in [2.24, 2.45) is 0 Å². The molecule has 0 saturated carbocycles. The van der Waals surface area contributed by atoms with Crippen molar-refractivity contribution in [2.75, 3.05) is 43.9 Å². The molecule has 5 nitrogen and oxygen atoms in total. The van der Waals surface area contributed by atoms with Crippen molar-refractivity contribution in [3.05, 3.63) is 48.0 Å². The second-order valence-corrected chi connectivity index (χ2v) is 8.01. The van der Waals surface area contributed by atoms with Crippen LogP contribution in [-0.2, 0) is 9.84 Å². The molecule has 1 fully saturated rings. The highest BCUT2D eigenvalue weighted by Crippen LogP contribution is 2.30. The molecule has 0 radical (unpaired) electrons. The summed E-state index contributed by atoms with van der Waals surface area (Å²) in [6.07, 6.45) is 0. The predicted octanol–water partition coefficient (Wildman–Crippen LogP) is 2.13. The van der Waals surface area contributed by atoms with Crippen LogP contribution in [0.3, 0.4) is 0 Å². The van der Waals surface area contributed by atoms with Gasteiger partial charge in [0, 0.05) is 31.9 Å². The number of likely N-dealkylation sites (N-methyl/N-ethyl adjacent to an activating group) is 1. The van der Waals surface area contributed by atoms with Crippen molar-refractivity contribution in [3.8, 4) is 0 Å². The Morgan fingerprint density at radius 1 is 0.960 bits per heavy atom. The summed E-state index contributed by atoms with van der Waals surface area (Å²) in [4.78, 5) is 3.90. The first-order valence-corrected chi connectivity index (χ1v) is 9.30. The summed E-state index contributed by atoms with van der Waals surface area (Å²) < 4.78 is 51.8. The molecule has 3 rings (SSSR count). The maximum absolute atomic E-state index is 13.4. The molecule has 2 aromatic carbocycles.